The highest BCUT2D eigenvalue weighted by molar-refractivity contribution is 7.99. The van der Waals surface area contributed by atoms with E-state index in [1.807, 2.05) is 0 Å². The molecule has 1 aromatic heterocycles. The Bertz CT molecular complexity index is 1080. The van der Waals surface area contributed by atoms with Gasteiger partial charge in [0.25, 0.3) is 0 Å². The Hall–Kier alpha value is -1.87. The third-order valence-corrected chi connectivity index (χ3v) is 9.25. The molecule has 180 valence electrons. The van der Waals surface area contributed by atoms with Gasteiger partial charge in [-0.3, -0.25) is 9.36 Å². The summed E-state index contributed by atoms with van der Waals surface area (Å²) >= 11 is 1.38. The summed E-state index contributed by atoms with van der Waals surface area (Å²) in [6, 6.07) is 8.60. The predicted molar refractivity (Wildman–Crippen MR) is 132 cm³/mol. The van der Waals surface area contributed by atoms with E-state index in [1.54, 1.807) is 0 Å². The molecular formula is C24H34N4O3S2. The molecule has 2 aromatic rings. The molecule has 7 nitrogen and oxygen atoms in total. The first kappa shape index (κ1) is 24.3. The number of sulfone groups is 1. The molecule has 1 saturated heterocycles. The van der Waals surface area contributed by atoms with E-state index in [-0.39, 0.29) is 34.6 Å². The molecule has 2 fully saturated rings. The summed E-state index contributed by atoms with van der Waals surface area (Å²) in [5.74, 6) is 1.09. The first-order chi connectivity index (χ1) is 15.6. The van der Waals surface area contributed by atoms with Crippen LogP contribution in [0.25, 0.3) is 11.4 Å². The van der Waals surface area contributed by atoms with Crippen LogP contribution in [0.3, 0.4) is 0 Å². The lowest BCUT2D eigenvalue weighted by molar-refractivity contribution is -0.119. The zero-order valence-electron chi connectivity index (χ0n) is 19.7. The van der Waals surface area contributed by atoms with Crippen LogP contribution in [0.5, 0.6) is 0 Å². The van der Waals surface area contributed by atoms with Gasteiger partial charge in [-0.25, -0.2) is 8.42 Å². The molecular weight excluding hydrogens is 456 g/mol. The highest BCUT2D eigenvalue weighted by Gasteiger charge is 2.29. The summed E-state index contributed by atoms with van der Waals surface area (Å²) in [5, 5.41) is 12.6. The van der Waals surface area contributed by atoms with Crippen LogP contribution in [0.2, 0.25) is 0 Å². The van der Waals surface area contributed by atoms with E-state index < -0.39 is 9.84 Å². The molecule has 2 heterocycles. The lowest BCUT2D eigenvalue weighted by atomic mass is 9.86. The highest BCUT2D eigenvalue weighted by atomic mass is 32.2. The molecule has 0 radical (unpaired) electrons. The number of nitrogens with one attached hydrogen (secondary N) is 1. The number of aromatic nitrogens is 3. The normalized spacial score (nSPS) is 21.2. The average Bonchev–Trinajstić information content (AvgIpc) is 3.35. The molecule has 1 N–H and O–H groups in total. The second-order valence-corrected chi connectivity index (χ2v) is 13.4. The molecule has 1 atom stereocenters. The largest absolute Gasteiger partial charge is 0.352 e. The Morgan fingerprint density at radius 1 is 1.09 bits per heavy atom. The van der Waals surface area contributed by atoms with Crippen molar-refractivity contribution >= 4 is 27.5 Å². The van der Waals surface area contributed by atoms with E-state index >= 15 is 0 Å². The molecule has 1 aromatic carbocycles. The van der Waals surface area contributed by atoms with Crippen molar-refractivity contribution in [2.45, 2.75) is 82.0 Å². The quantitative estimate of drug-likeness (QED) is 0.612. The molecule has 9 heteroatoms. The minimum atomic E-state index is -3.02. The Balaban J connectivity index is 1.52. The zero-order chi connectivity index (χ0) is 23.6. The average molecular weight is 491 g/mol. The lowest BCUT2D eigenvalue weighted by Crippen LogP contribution is -2.36. The maximum atomic E-state index is 12.5. The number of carbonyl (C=O) groups is 1. The Kier molecular flexibility index (Phi) is 7.19. The van der Waals surface area contributed by atoms with Gasteiger partial charge in [0, 0.05) is 17.6 Å². The number of hydrogen-bond acceptors (Lipinski definition) is 6. The van der Waals surface area contributed by atoms with Gasteiger partial charge in [-0.2, -0.15) is 0 Å². The van der Waals surface area contributed by atoms with Crippen molar-refractivity contribution in [2.75, 3.05) is 17.3 Å². The van der Waals surface area contributed by atoms with Crippen molar-refractivity contribution in [3.05, 3.63) is 29.8 Å². The number of carbonyl (C=O) groups excluding carboxylic acids is 1. The van der Waals surface area contributed by atoms with Gasteiger partial charge in [0.2, 0.25) is 5.91 Å². The molecule has 33 heavy (non-hydrogen) atoms. The second kappa shape index (κ2) is 9.78. The van der Waals surface area contributed by atoms with Gasteiger partial charge in [0.15, 0.2) is 20.8 Å². The summed E-state index contributed by atoms with van der Waals surface area (Å²) in [6.07, 6.45) is 6.29. The molecule has 1 saturated carbocycles. The van der Waals surface area contributed by atoms with Gasteiger partial charge in [0.05, 0.1) is 17.3 Å². The zero-order valence-corrected chi connectivity index (χ0v) is 21.3. The third-order valence-electron chi connectivity index (χ3n) is 6.54. The number of amides is 1. The maximum Gasteiger partial charge on any atom is 0.230 e. The fraction of sp³-hybridized carbons (Fsp3) is 0.625. The van der Waals surface area contributed by atoms with Gasteiger partial charge >= 0.3 is 0 Å². The van der Waals surface area contributed by atoms with E-state index in [2.05, 4.69) is 65.1 Å². The number of hydrogen-bond donors (Lipinski definition) is 1. The Morgan fingerprint density at radius 3 is 2.39 bits per heavy atom. The summed E-state index contributed by atoms with van der Waals surface area (Å²) < 4.78 is 25.5. The Labute approximate surface area is 201 Å². The second-order valence-electron chi connectivity index (χ2n) is 10.3. The molecule has 1 aliphatic heterocycles. The standard InChI is InChI=1S/C24H34N4O3S2/c1-24(2,3)18-11-9-17(10-12-18)22-26-27-23(28(22)20-7-5-4-6-8-20)32-15-21(29)25-19-13-14-33(30,31)16-19/h9-12,19-20H,4-8,13-16H2,1-3H3,(H,25,29)/t19-/m1/s1. The van der Waals surface area contributed by atoms with Gasteiger partial charge in [-0.15, -0.1) is 10.2 Å². The summed E-state index contributed by atoms with van der Waals surface area (Å²) in [6.45, 7) is 6.61. The van der Waals surface area contributed by atoms with Crippen molar-refractivity contribution in [3.63, 3.8) is 0 Å². The minimum Gasteiger partial charge on any atom is -0.352 e. The van der Waals surface area contributed by atoms with Gasteiger partial charge in [-0.1, -0.05) is 76.1 Å². The number of thioether (sulfide) groups is 1. The van der Waals surface area contributed by atoms with E-state index in [0.29, 0.717) is 12.5 Å². The van der Waals surface area contributed by atoms with Crippen LogP contribution in [-0.4, -0.2) is 52.4 Å². The van der Waals surface area contributed by atoms with Gasteiger partial charge in [0.1, 0.15) is 0 Å². The molecule has 2 aliphatic rings. The number of nitrogens with zero attached hydrogens (tertiary/aromatic N) is 3. The van der Waals surface area contributed by atoms with Crippen molar-refractivity contribution in [1.29, 1.82) is 0 Å². The molecule has 1 aliphatic carbocycles. The van der Waals surface area contributed by atoms with Crippen LogP contribution >= 0.6 is 11.8 Å². The maximum absolute atomic E-state index is 12.5. The predicted octanol–water partition coefficient (Wildman–Crippen LogP) is 4.14. The SMILES string of the molecule is CC(C)(C)c1ccc(-c2nnc(SCC(=O)N[C@@H]3CCS(=O)(=O)C3)n2C2CCCCC2)cc1. The molecule has 0 bridgehead atoms. The summed E-state index contributed by atoms with van der Waals surface area (Å²) in [5.41, 5.74) is 2.39. The van der Waals surface area contributed by atoms with Crippen LogP contribution in [0.1, 0.15) is 70.9 Å². The van der Waals surface area contributed by atoms with Crippen molar-refractivity contribution in [1.82, 2.24) is 20.1 Å². The van der Waals surface area contributed by atoms with Gasteiger partial charge in [-0.05, 0) is 30.2 Å². The number of rotatable bonds is 6. The van der Waals surface area contributed by atoms with Crippen LogP contribution in [0, 0.1) is 0 Å². The minimum absolute atomic E-state index is 0.0381. The molecule has 0 spiro atoms. The van der Waals surface area contributed by atoms with Crippen molar-refractivity contribution in [2.24, 2.45) is 0 Å². The molecule has 4 rings (SSSR count). The van der Waals surface area contributed by atoms with Crippen LogP contribution in [-0.2, 0) is 20.0 Å². The van der Waals surface area contributed by atoms with Gasteiger partial charge < -0.3 is 5.32 Å². The molecule has 1 amide bonds. The van der Waals surface area contributed by atoms with Crippen molar-refractivity contribution < 1.29 is 13.2 Å². The fourth-order valence-electron chi connectivity index (χ4n) is 4.67. The van der Waals surface area contributed by atoms with Crippen molar-refractivity contribution in [3.8, 4) is 11.4 Å². The smallest absolute Gasteiger partial charge is 0.230 e. The lowest BCUT2D eigenvalue weighted by Gasteiger charge is -2.26. The van der Waals surface area contributed by atoms with E-state index in [4.69, 9.17) is 0 Å². The topological polar surface area (TPSA) is 94.0 Å². The summed E-state index contributed by atoms with van der Waals surface area (Å²) in [4.78, 5) is 12.5. The third kappa shape index (κ3) is 5.98. The molecule has 0 unspecified atom stereocenters. The highest BCUT2D eigenvalue weighted by Crippen LogP contribution is 2.36. The fourth-order valence-corrected chi connectivity index (χ4v) is 7.16. The van der Waals surface area contributed by atoms with Crippen LogP contribution in [0.4, 0.5) is 0 Å². The van der Waals surface area contributed by atoms with Crippen LogP contribution in [0.15, 0.2) is 29.4 Å². The van der Waals surface area contributed by atoms with E-state index in [1.165, 1.54) is 36.6 Å². The first-order valence-electron chi connectivity index (χ1n) is 11.8. The van der Waals surface area contributed by atoms with E-state index in [0.717, 1.165) is 29.4 Å². The monoisotopic (exact) mass is 490 g/mol. The Morgan fingerprint density at radius 2 is 1.79 bits per heavy atom. The van der Waals surface area contributed by atoms with Crippen LogP contribution < -0.4 is 5.32 Å². The number of benzene rings is 1. The van der Waals surface area contributed by atoms with E-state index in [9.17, 15) is 13.2 Å². The first-order valence-corrected chi connectivity index (χ1v) is 14.6. The summed E-state index contributed by atoms with van der Waals surface area (Å²) in [7, 11) is -3.02.